The third kappa shape index (κ3) is 3.17. The number of aromatic hydroxyl groups is 1. The highest BCUT2D eigenvalue weighted by atomic mass is 16.5. The number of likely N-dealkylation sites (tertiary alicyclic amines) is 1. The maximum Gasteiger partial charge on any atom is 0.299 e. The third-order valence-electron chi connectivity index (χ3n) is 9.42. The largest absolute Gasteiger partial charge is 0.504 e. The van der Waals surface area contributed by atoms with Gasteiger partial charge in [-0.1, -0.05) is 36.3 Å². The molecule has 2 heterocycles. The van der Waals surface area contributed by atoms with Gasteiger partial charge < -0.3 is 19.8 Å². The number of piperidine rings is 1. The molecule has 5 atom stereocenters. The molecule has 5 aliphatic rings. The number of nitrogens with zero attached hydrogens (tertiary/aromatic N) is 2. The highest BCUT2D eigenvalue weighted by Crippen LogP contribution is 2.64. The molecule has 2 aromatic rings. The number of benzene rings is 2. The molecule has 2 N–H and O–H groups in total. The van der Waals surface area contributed by atoms with E-state index in [1.807, 2.05) is 49.4 Å². The molecule has 2 bridgehead atoms. The van der Waals surface area contributed by atoms with Crippen molar-refractivity contribution in [2.24, 2.45) is 5.92 Å². The Balaban J connectivity index is 1.29. The molecule has 7 rings (SSSR count). The van der Waals surface area contributed by atoms with Crippen LogP contribution in [0.3, 0.4) is 0 Å². The zero-order valence-electron chi connectivity index (χ0n) is 21.3. The second kappa shape index (κ2) is 7.86. The molecule has 1 saturated carbocycles. The summed E-state index contributed by atoms with van der Waals surface area (Å²) in [5.41, 5.74) is 2.10. The fraction of sp³-hybridized carbons (Fsp3) is 0.452. The number of carbonyl (C=O) groups is 1. The molecule has 6 nitrogen and oxygen atoms in total. The summed E-state index contributed by atoms with van der Waals surface area (Å²) < 4.78 is 6.54. The van der Waals surface area contributed by atoms with Crippen molar-refractivity contribution in [1.82, 2.24) is 9.80 Å². The van der Waals surface area contributed by atoms with Crippen molar-refractivity contribution in [3.8, 4) is 23.3 Å². The van der Waals surface area contributed by atoms with E-state index in [0.717, 1.165) is 47.7 Å². The number of phenolic OH excluding ortho intramolecular Hbond substituents is 1. The summed E-state index contributed by atoms with van der Waals surface area (Å²) >= 11 is 0. The van der Waals surface area contributed by atoms with Crippen molar-refractivity contribution in [1.29, 1.82) is 0 Å². The van der Waals surface area contributed by atoms with E-state index in [2.05, 4.69) is 16.7 Å². The van der Waals surface area contributed by atoms with Crippen LogP contribution in [0, 0.1) is 24.7 Å². The maximum absolute atomic E-state index is 13.3. The molecule has 2 aromatic carbocycles. The van der Waals surface area contributed by atoms with Gasteiger partial charge in [0.25, 0.3) is 5.91 Å². The summed E-state index contributed by atoms with van der Waals surface area (Å²) in [6.45, 7) is 3.88. The van der Waals surface area contributed by atoms with E-state index < -0.39 is 23.2 Å². The van der Waals surface area contributed by atoms with Gasteiger partial charge in [-0.05, 0) is 74.4 Å². The van der Waals surface area contributed by atoms with Crippen molar-refractivity contribution in [3.05, 3.63) is 70.8 Å². The van der Waals surface area contributed by atoms with Crippen LogP contribution in [0.25, 0.3) is 0 Å². The molecule has 1 amide bonds. The van der Waals surface area contributed by atoms with Crippen LogP contribution in [0.1, 0.15) is 41.5 Å². The van der Waals surface area contributed by atoms with Gasteiger partial charge in [0.15, 0.2) is 11.5 Å². The van der Waals surface area contributed by atoms with Gasteiger partial charge in [-0.3, -0.25) is 9.69 Å². The number of rotatable bonds is 3. The molecule has 0 aromatic heterocycles. The summed E-state index contributed by atoms with van der Waals surface area (Å²) in [4.78, 5) is 17.4. The minimum absolute atomic E-state index is 0.0599. The Morgan fingerprint density at radius 1 is 1.27 bits per heavy atom. The topological polar surface area (TPSA) is 73.2 Å². The number of carbonyl (C=O) groups excluding carboxylic acids is 1. The van der Waals surface area contributed by atoms with E-state index in [9.17, 15) is 15.0 Å². The average molecular weight is 497 g/mol. The van der Waals surface area contributed by atoms with E-state index in [4.69, 9.17) is 4.74 Å². The third-order valence-corrected chi connectivity index (χ3v) is 9.42. The molecule has 1 saturated heterocycles. The van der Waals surface area contributed by atoms with E-state index in [1.54, 1.807) is 18.0 Å². The molecule has 2 fully saturated rings. The van der Waals surface area contributed by atoms with Crippen LogP contribution < -0.4 is 4.74 Å². The number of phenols is 1. The summed E-state index contributed by atoms with van der Waals surface area (Å²) in [6, 6.07) is 11.0. The first-order chi connectivity index (χ1) is 17.8. The van der Waals surface area contributed by atoms with Crippen molar-refractivity contribution in [3.63, 3.8) is 0 Å². The molecule has 0 radical (unpaired) electrons. The summed E-state index contributed by atoms with van der Waals surface area (Å²) in [6.07, 6.45) is 7.31. The SMILES string of the molecule is Cc1cccc(C#CC(=O)N(C)[C@H]2C=C[C@@]3(O)[C@H]4Cc5ccc(O)c6c5[C@@]3(CCN4CC3CC3)[C@H]2O6)c1. The lowest BCUT2D eigenvalue weighted by Gasteiger charge is -2.62. The Labute approximate surface area is 217 Å². The van der Waals surface area contributed by atoms with Gasteiger partial charge in [-0.15, -0.1) is 0 Å². The Kier molecular flexibility index (Phi) is 4.87. The normalized spacial score (nSPS) is 32.7. The Morgan fingerprint density at radius 2 is 2.11 bits per heavy atom. The van der Waals surface area contributed by atoms with Gasteiger partial charge in [0, 0.05) is 36.7 Å². The van der Waals surface area contributed by atoms with Gasteiger partial charge >= 0.3 is 0 Å². The zero-order chi connectivity index (χ0) is 25.5. The average Bonchev–Trinajstić information content (AvgIpc) is 3.62. The summed E-state index contributed by atoms with van der Waals surface area (Å²) in [5, 5.41) is 23.3. The van der Waals surface area contributed by atoms with Crippen LogP contribution in [0.5, 0.6) is 11.5 Å². The molecule has 3 aliphatic carbocycles. The minimum atomic E-state index is -1.13. The van der Waals surface area contributed by atoms with Crippen LogP contribution in [0.2, 0.25) is 0 Å². The number of aliphatic hydroxyl groups is 1. The lowest BCUT2D eigenvalue weighted by atomic mass is 9.50. The molecule has 2 aliphatic heterocycles. The predicted octanol–water partition coefficient (Wildman–Crippen LogP) is 2.92. The Morgan fingerprint density at radius 3 is 2.89 bits per heavy atom. The van der Waals surface area contributed by atoms with Crippen molar-refractivity contribution in [2.45, 2.75) is 61.8 Å². The van der Waals surface area contributed by atoms with Crippen LogP contribution in [0.15, 0.2) is 48.6 Å². The monoisotopic (exact) mass is 496 g/mol. The first-order valence-corrected chi connectivity index (χ1v) is 13.3. The molecule has 1 spiro atoms. The predicted molar refractivity (Wildman–Crippen MR) is 139 cm³/mol. The minimum Gasteiger partial charge on any atom is -0.504 e. The van der Waals surface area contributed by atoms with Crippen molar-refractivity contribution in [2.75, 3.05) is 20.1 Å². The van der Waals surface area contributed by atoms with Crippen molar-refractivity contribution < 1.29 is 19.7 Å². The fourth-order valence-corrected chi connectivity index (χ4v) is 7.42. The number of hydrogen-bond donors (Lipinski definition) is 2. The van der Waals surface area contributed by atoms with Crippen molar-refractivity contribution >= 4 is 5.91 Å². The van der Waals surface area contributed by atoms with E-state index in [0.29, 0.717) is 12.2 Å². The number of aryl methyl sites for hydroxylation is 1. The van der Waals surface area contributed by atoms with Gasteiger partial charge in [0.05, 0.1) is 11.5 Å². The van der Waals surface area contributed by atoms with Gasteiger partial charge in [-0.25, -0.2) is 0 Å². The standard InChI is InChI=1S/C31H32N2O4/c1-19-4-3-5-20(16-19)8-11-26(35)32(2)23-12-13-31(36)25-17-22-9-10-24(34)28-27(22)30(31,29(23)37-28)14-15-33(25)18-21-6-7-21/h3-5,9-10,12-13,16,21,23,25,29,34,36H,6-7,14-15,17-18H2,1-2H3/t23-,25+,29-,30-,31+/m0/s1. The first kappa shape index (κ1) is 22.9. The number of ether oxygens (including phenoxy) is 1. The molecule has 190 valence electrons. The smallest absolute Gasteiger partial charge is 0.299 e. The number of hydrogen-bond acceptors (Lipinski definition) is 5. The quantitative estimate of drug-likeness (QED) is 0.505. The Bertz CT molecular complexity index is 1400. The van der Waals surface area contributed by atoms with E-state index in [1.165, 1.54) is 12.8 Å². The highest BCUT2D eigenvalue weighted by Gasteiger charge is 2.72. The maximum atomic E-state index is 13.3. The lowest BCUT2D eigenvalue weighted by Crippen LogP contribution is -2.76. The first-order valence-electron chi connectivity index (χ1n) is 13.3. The number of amides is 1. The highest BCUT2D eigenvalue weighted by molar-refractivity contribution is 5.94. The fourth-order valence-electron chi connectivity index (χ4n) is 7.42. The van der Waals surface area contributed by atoms with Gasteiger partial charge in [0.1, 0.15) is 11.7 Å². The number of likely N-dealkylation sites (N-methyl/N-ethyl adjacent to an activating group) is 1. The summed E-state index contributed by atoms with van der Waals surface area (Å²) in [5.74, 6) is 6.77. The molecule has 6 heteroatoms. The van der Waals surface area contributed by atoms with Gasteiger partial charge in [-0.2, -0.15) is 0 Å². The molecular weight excluding hydrogens is 464 g/mol. The van der Waals surface area contributed by atoms with Crippen LogP contribution in [-0.4, -0.2) is 69.8 Å². The Hall–Kier alpha value is -3.27. The molecule has 37 heavy (non-hydrogen) atoms. The van der Waals surface area contributed by atoms with Crippen LogP contribution in [0.4, 0.5) is 0 Å². The summed E-state index contributed by atoms with van der Waals surface area (Å²) in [7, 11) is 1.75. The molecular formula is C31H32N2O4. The van der Waals surface area contributed by atoms with Crippen LogP contribution >= 0.6 is 0 Å². The zero-order valence-corrected chi connectivity index (χ0v) is 21.3. The second-order valence-corrected chi connectivity index (χ2v) is 11.6. The van der Waals surface area contributed by atoms with E-state index >= 15 is 0 Å². The molecule has 0 unspecified atom stereocenters. The second-order valence-electron chi connectivity index (χ2n) is 11.6. The lowest BCUT2D eigenvalue weighted by molar-refractivity contribution is -0.154. The van der Waals surface area contributed by atoms with Gasteiger partial charge in [0.2, 0.25) is 0 Å². The van der Waals surface area contributed by atoms with E-state index in [-0.39, 0.29) is 17.7 Å². The van der Waals surface area contributed by atoms with Crippen LogP contribution in [-0.2, 0) is 16.6 Å².